The Bertz CT molecular complexity index is 1370. The third kappa shape index (κ3) is 3.20. The van der Waals surface area contributed by atoms with E-state index in [1.165, 1.54) is 18.4 Å². The van der Waals surface area contributed by atoms with Gasteiger partial charge in [-0.3, -0.25) is 9.13 Å². The standard InChI is InChI=1S/C21H22N6O4S/c1-25-14-11-23-19-16(24-18(32-19)12-4-5-15(30-2)22-10-12)17(14)27(20(25)28)13-6-8-26(9-7-13)21(29)31-3/h4-5,10-11,13H,6-9H2,1-3H3. The Morgan fingerprint density at radius 1 is 1.16 bits per heavy atom. The molecule has 0 radical (unpaired) electrons. The predicted octanol–water partition coefficient (Wildman–Crippen LogP) is 2.82. The van der Waals surface area contributed by atoms with Crippen molar-refractivity contribution in [1.29, 1.82) is 0 Å². The number of fused-ring (bicyclic) bond motifs is 3. The molecule has 0 atom stereocenters. The van der Waals surface area contributed by atoms with Crippen molar-refractivity contribution >= 4 is 38.8 Å². The molecular formula is C21H22N6O4S. The van der Waals surface area contributed by atoms with Crippen LogP contribution in [0.1, 0.15) is 18.9 Å². The summed E-state index contributed by atoms with van der Waals surface area (Å²) in [6, 6.07) is 3.66. The normalized spacial score (nSPS) is 14.9. The molecule has 0 spiro atoms. The number of hydrogen-bond acceptors (Lipinski definition) is 8. The van der Waals surface area contributed by atoms with Crippen LogP contribution in [0.2, 0.25) is 0 Å². The zero-order valence-corrected chi connectivity index (χ0v) is 18.8. The van der Waals surface area contributed by atoms with Gasteiger partial charge in [-0.2, -0.15) is 0 Å². The summed E-state index contributed by atoms with van der Waals surface area (Å²) in [5.41, 5.74) is 2.97. The minimum absolute atomic E-state index is 0.0366. The summed E-state index contributed by atoms with van der Waals surface area (Å²) in [5.74, 6) is 0.533. The van der Waals surface area contributed by atoms with Crippen molar-refractivity contribution in [3.05, 3.63) is 35.0 Å². The van der Waals surface area contributed by atoms with Gasteiger partial charge in [0.25, 0.3) is 0 Å². The molecule has 4 aromatic heterocycles. The number of thiazole rings is 1. The number of carbonyl (C=O) groups is 1. The van der Waals surface area contributed by atoms with Gasteiger partial charge in [-0.05, 0) is 18.9 Å². The minimum Gasteiger partial charge on any atom is -0.481 e. The number of aromatic nitrogens is 5. The first-order chi connectivity index (χ1) is 15.5. The number of hydrogen-bond donors (Lipinski definition) is 0. The van der Waals surface area contributed by atoms with E-state index in [1.54, 1.807) is 42.1 Å². The van der Waals surface area contributed by atoms with Gasteiger partial charge in [0.2, 0.25) is 5.88 Å². The fourth-order valence-corrected chi connectivity index (χ4v) is 5.13. The van der Waals surface area contributed by atoms with Crippen molar-refractivity contribution < 1.29 is 14.3 Å². The van der Waals surface area contributed by atoms with Crippen molar-refractivity contribution in [2.24, 2.45) is 7.05 Å². The maximum atomic E-state index is 13.2. The van der Waals surface area contributed by atoms with Gasteiger partial charge < -0.3 is 14.4 Å². The van der Waals surface area contributed by atoms with E-state index in [4.69, 9.17) is 14.5 Å². The number of pyridine rings is 2. The number of rotatable bonds is 3. The van der Waals surface area contributed by atoms with Gasteiger partial charge in [0, 0.05) is 44.0 Å². The molecule has 0 N–H and O–H groups in total. The summed E-state index contributed by atoms with van der Waals surface area (Å²) in [6.07, 6.45) is 4.44. The second kappa shape index (κ2) is 7.90. The molecule has 0 aromatic carbocycles. The summed E-state index contributed by atoms with van der Waals surface area (Å²) in [6.45, 7) is 1.07. The maximum Gasteiger partial charge on any atom is 0.409 e. The van der Waals surface area contributed by atoms with Crippen molar-refractivity contribution in [2.75, 3.05) is 27.3 Å². The average molecular weight is 455 g/mol. The predicted molar refractivity (Wildman–Crippen MR) is 120 cm³/mol. The highest BCUT2D eigenvalue weighted by Gasteiger charge is 2.28. The molecule has 1 amide bonds. The monoisotopic (exact) mass is 454 g/mol. The summed E-state index contributed by atoms with van der Waals surface area (Å²) >= 11 is 1.46. The van der Waals surface area contributed by atoms with Crippen LogP contribution >= 0.6 is 11.3 Å². The van der Waals surface area contributed by atoms with Crippen molar-refractivity contribution in [3.63, 3.8) is 0 Å². The molecule has 5 rings (SSSR count). The van der Waals surface area contributed by atoms with E-state index >= 15 is 0 Å². The zero-order valence-electron chi connectivity index (χ0n) is 17.9. The van der Waals surface area contributed by atoms with E-state index in [2.05, 4.69) is 9.97 Å². The third-order valence-corrected chi connectivity index (χ3v) is 6.94. The Labute approximate surface area is 187 Å². The van der Waals surface area contributed by atoms with Crippen LogP contribution in [-0.2, 0) is 11.8 Å². The van der Waals surface area contributed by atoms with Gasteiger partial charge >= 0.3 is 11.8 Å². The summed E-state index contributed by atoms with van der Waals surface area (Å²) in [7, 11) is 4.70. The Morgan fingerprint density at radius 2 is 1.94 bits per heavy atom. The van der Waals surface area contributed by atoms with Gasteiger partial charge in [-0.1, -0.05) is 11.3 Å². The Hall–Kier alpha value is -3.47. The minimum atomic E-state index is -0.336. The number of ether oxygens (including phenoxy) is 2. The van der Waals surface area contributed by atoms with Crippen LogP contribution in [0.25, 0.3) is 32.0 Å². The fraction of sp³-hybridized carbons (Fsp3) is 0.381. The molecule has 11 heteroatoms. The molecule has 0 bridgehead atoms. The molecule has 1 saturated heterocycles. The van der Waals surface area contributed by atoms with E-state index in [0.717, 1.165) is 26.4 Å². The summed E-state index contributed by atoms with van der Waals surface area (Å²) in [4.78, 5) is 41.1. The Balaban J connectivity index is 1.60. The van der Waals surface area contributed by atoms with E-state index in [-0.39, 0.29) is 17.8 Å². The lowest BCUT2D eigenvalue weighted by Gasteiger charge is -2.31. The van der Waals surface area contributed by atoms with E-state index < -0.39 is 0 Å². The molecule has 10 nitrogen and oxygen atoms in total. The number of likely N-dealkylation sites (tertiary alicyclic amines) is 1. The van der Waals surface area contributed by atoms with Crippen LogP contribution in [0.4, 0.5) is 4.79 Å². The first-order valence-corrected chi connectivity index (χ1v) is 11.0. The van der Waals surface area contributed by atoms with Gasteiger partial charge in [-0.15, -0.1) is 0 Å². The lowest BCUT2D eigenvalue weighted by atomic mass is 10.1. The first kappa shape index (κ1) is 20.4. The van der Waals surface area contributed by atoms with Crippen LogP contribution in [-0.4, -0.2) is 62.4 Å². The molecule has 166 valence electrons. The Morgan fingerprint density at radius 3 is 2.59 bits per heavy atom. The van der Waals surface area contributed by atoms with Crippen LogP contribution in [0.3, 0.4) is 0 Å². The molecule has 4 aromatic rings. The second-order valence-electron chi connectivity index (χ2n) is 7.65. The van der Waals surface area contributed by atoms with Gasteiger partial charge in [-0.25, -0.2) is 24.5 Å². The van der Waals surface area contributed by atoms with Crippen molar-refractivity contribution in [1.82, 2.24) is 29.0 Å². The first-order valence-electron chi connectivity index (χ1n) is 10.2. The topological polar surface area (TPSA) is 104 Å². The van der Waals surface area contributed by atoms with Gasteiger partial charge in [0.1, 0.15) is 20.9 Å². The van der Waals surface area contributed by atoms with Crippen molar-refractivity contribution in [3.8, 4) is 16.5 Å². The summed E-state index contributed by atoms with van der Waals surface area (Å²) < 4.78 is 13.4. The lowest BCUT2D eigenvalue weighted by molar-refractivity contribution is 0.107. The van der Waals surface area contributed by atoms with Gasteiger partial charge in [0.05, 0.1) is 25.9 Å². The van der Waals surface area contributed by atoms with Crippen LogP contribution < -0.4 is 10.4 Å². The number of carbonyl (C=O) groups excluding carboxylic acids is 1. The van der Waals surface area contributed by atoms with Crippen molar-refractivity contribution in [2.45, 2.75) is 18.9 Å². The van der Waals surface area contributed by atoms with E-state index in [0.29, 0.717) is 37.3 Å². The van der Waals surface area contributed by atoms with Gasteiger partial charge in [0.15, 0.2) is 0 Å². The number of amides is 1. The number of methoxy groups -OCH3 is 2. The highest BCUT2D eigenvalue weighted by atomic mass is 32.1. The molecule has 0 unspecified atom stereocenters. The lowest BCUT2D eigenvalue weighted by Crippen LogP contribution is -2.40. The second-order valence-corrected chi connectivity index (χ2v) is 8.63. The van der Waals surface area contributed by atoms with Crippen LogP contribution in [0, 0.1) is 0 Å². The molecular weight excluding hydrogens is 432 g/mol. The summed E-state index contributed by atoms with van der Waals surface area (Å²) in [5, 5.41) is 0.776. The number of nitrogens with zero attached hydrogens (tertiary/aromatic N) is 6. The molecule has 32 heavy (non-hydrogen) atoms. The quantitative estimate of drug-likeness (QED) is 0.469. The molecule has 0 aliphatic carbocycles. The molecule has 5 heterocycles. The number of aryl methyl sites for hydroxylation is 1. The molecule has 0 saturated carbocycles. The average Bonchev–Trinajstić information content (AvgIpc) is 3.38. The van der Waals surface area contributed by atoms with Crippen LogP contribution in [0.5, 0.6) is 5.88 Å². The highest BCUT2D eigenvalue weighted by Crippen LogP contribution is 2.34. The molecule has 1 aliphatic heterocycles. The number of imidazole rings is 1. The Kier molecular flexibility index (Phi) is 5.04. The smallest absolute Gasteiger partial charge is 0.409 e. The largest absolute Gasteiger partial charge is 0.481 e. The van der Waals surface area contributed by atoms with Crippen LogP contribution in [0.15, 0.2) is 29.3 Å². The fourth-order valence-electron chi connectivity index (χ4n) is 4.22. The molecule has 1 fully saturated rings. The maximum absolute atomic E-state index is 13.2. The highest BCUT2D eigenvalue weighted by molar-refractivity contribution is 7.21. The van der Waals surface area contributed by atoms with E-state index in [9.17, 15) is 9.59 Å². The SMILES string of the molecule is COC(=O)N1CCC(n2c(=O)n(C)c3cnc4sc(-c5ccc(OC)nc5)nc4c32)CC1. The third-order valence-electron chi connectivity index (χ3n) is 5.93. The molecule has 1 aliphatic rings. The number of piperidine rings is 1. The van der Waals surface area contributed by atoms with E-state index in [1.807, 2.05) is 10.6 Å². The zero-order chi connectivity index (χ0) is 22.4.